The van der Waals surface area contributed by atoms with Gasteiger partial charge in [0, 0.05) is 36.8 Å². The fourth-order valence-electron chi connectivity index (χ4n) is 2.89. The number of amides is 1. The summed E-state index contributed by atoms with van der Waals surface area (Å²) < 4.78 is 0. The lowest BCUT2D eigenvalue weighted by Crippen LogP contribution is -2.29. The maximum absolute atomic E-state index is 11.3. The van der Waals surface area contributed by atoms with E-state index < -0.39 is 11.5 Å². The van der Waals surface area contributed by atoms with E-state index in [4.69, 9.17) is 5.73 Å². The molecule has 0 bridgehead atoms. The maximum Gasteiger partial charge on any atom is 0.267 e. The van der Waals surface area contributed by atoms with Crippen LogP contribution in [0.2, 0.25) is 0 Å². The fraction of sp³-hybridized carbons (Fsp3) is 0.316. The molecule has 1 unspecified atom stereocenters. The van der Waals surface area contributed by atoms with Crippen LogP contribution < -0.4 is 5.73 Å². The highest BCUT2D eigenvalue weighted by atomic mass is 16.3. The zero-order valence-electron chi connectivity index (χ0n) is 14.3. The van der Waals surface area contributed by atoms with Crippen LogP contribution >= 0.6 is 0 Å². The first kappa shape index (κ1) is 17.1. The molecule has 3 N–H and O–H groups in total. The molecule has 0 saturated carbocycles. The summed E-state index contributed by atoms with van der Waals surface area (Å²) in [6.07, 6.45) is 2.14. The molecule has 0 spiro atoms. The molecule has 3 rings (SSSR count). The standard InChI is InChI=1S/C19H20N4O2/c1-13-9-14(3-5-19(25)6-8-23(2)12-19)11-15(10-13)18-21-7-4-16(22-18)17(20)24/h4,7,9-11,25H,6,8,12H2,1-2H3,(H2,20,24). The molecule has 25 heavy (non-hydrogen) atoms. The number of β-amino-alcohol motifs (C(OH)–C–C–N with tert-alkyl or cyclic N) is 1. The largest absolute Gasteiger partial charge is 0.376 e. The number of rotatable bonds is 2. The molecule has 1 saturated heterocycles. The van der Waals surface area contributed by atoms with Crippen LogP contribution in [0.15, 0.2) is 30.5 Å². The van der Waals surface area contributed by atoms with Crippen LogP contribution in [-0.2, 0) is 0 Å². The molecule has 1 amide bonds. The molecule has 1 fully saturated rings. The smallest absolute Gasteiger partial charge is 0.267 e. The van der Waals surface area contributed by atoms with Gasteiger partial charge in [0.15, 0.2) is 5.82 Å². The summed E-state index contributed by atoms with van der Waals surface area (Å²) >= 11 is 0. The number of hydrogen-bond acceptors (Lipinski definition) is 5. The Hall–Kier alpha value is -2.75. The summed E-state index contributed by atoms with van der Waals surface area (Å²) in [5.74, 6) is 5.88. The average Bonchev–Trinajstić information content (AvgIpc) is 2.92. The van der Waals surface area contributed by atoms with Crippen molar-refractivity contribution in [2.24, 2.45) is 5.73 Å². The van der Waals surface area contributed by atoms with Gasteiger partial charge in [-0.1, -0.05) is 11.8 Å². The summed E-state index contributed by atoms with van der Waals surface area (Å²) in [6.45, 7) is 3.32. The quantitative estimate of drug-likeness (QED) is 0.797. The Kier molecular flexibility index (Phi) is 4.53. The number of aryl methyl sites for hydroxylation is 1. The van der Waals surface area contributed by atoms with Crippen molar-refractivity contribution in [1.29, 1.82) is 0 Å². The van der Waals surface area contributed by atoms with E-state index in [1.165, 1.54) is 12.3 Å². The molecule has 1 aliphatic heterocycles. The van der Waals surface area contributed by atoms with Gasteiger partial charge in [-0.3, -0.25) is 4.79 Å². The van der Waals surface area contributed by atoms with E-state index in [9.17, 15) is 9.90 Å². The minimum Gasteiger partial charge on any atom is -0.376 e. The molecule has 2 aromatic rings. The van der Waals surface area contributed by atoms with Crippen molar-refractivity contribution in [3.63, 3.8) is 0 Å². The predicted molar refractivity (Wildman–Crippen MR) is 94.7 cm³/mol. The van der Waals surface area contributed by atoms with Gasteiger partial charge in [0.1, 0.15) is 11.3 Å². The number of aromatic nitrogens is 2. The van der Waals surface area contributed by atoms with Gasteiger partial charge in [0.05, 0.1) is 0 Å². The Labute approximate surface area is 146 Å². The van der Waals surface area contributed by atoms with Gasteiger partial charge in [0.2, 0.25) is 0 Å². The summed E-state index contributed by atoms with van der Waals surface area (Å²) in [5, 5.41) is 10.5. The van der Waals surface area contributed by atoms with E-state index in [0.717, 1.165) is 23.2 Å². The van der Waals surface area contributed by atoms with Crippen LogP contribution in [0.4, 0.5) is 0 Å². The lowest BCUT2D eigenvalue weighted by molar-refractivity contribution is 0.0995. The lowest BCUT2D eigenvalue weighted by atomic mass is 10.0. The molecule has 0 aliphatic carbocycles. The summed E-state index contributed by atoms with van der Waals surface area (Å²) in [6, 6.07) is 7.19. The monoisotopic (exact) mass is 336 g/mol. The minimum absolute atomic E-state index is 0.169. The third kappa shape index (κ3) is 4.02. The summed E-state index contributed by atoms with van der Waals surface area (Å²) in [5.41, 5.74) is 6.99. The van der Waals surface area contributed by atoms with Gasteiger partial charge in [-0.05, 0) is 43.8 Å². The molecule has 0 radical (unpaired) electrons. The third-order valence-corrected chi connectivity index (χ3v) is 4.12. The third-order valence-electron chi connectivity index (χ3n) is 4.12. The molecule has 6 heteroatoms. The first-order valence-electron chi connectivity index (χ1n) is 8.04. The molecule has 1 aromatic heterocycles. The summed E-state index contributed by atoms with van der Waals surface area (Å²) in [7, 11) is 1.97. The van der Waals surface area contributed by atoms with Crippen LogP contribution in [-0.4, -0.2) is 51.6 Å². The Morgan fingerprint density at radius 2 is 2.20 bits per heavy atom. The van der Waals surface area contributed by atoms with Gasteiger partial charge in [-0.25, -0.2) is 9.97 Å². The Bertz CT molecular complexity index is 884. The van der Waals surface area contributed by atoms with Gasteiger partial charge in [-0.15, -0.1) is 0 Å². The van der Waals surface area contributed by atoms with E-state index in [0.29, 0.717) is 18.8 Å². The minimum atomic E-state index is -0.971. The van der Waals surface area contributed by atoms with Crippen LogP contribution in [0.1, 0.15) is 28.0 Å². The number of likely N-dealkylation sites (tertiary alicyclic amines) is 1. The van der Waals surface area contributed by atoms with Gasteiger partial charge >= 0.3 is 0 Å². The normalized spacial score (nSPS) is 20.1. The van der Waals surface area contributed by atoms with Gasteiger partial charge < -0.3 is 15.7 Å². The van der Waals surface area contributed by atoms with Crippen molar-refractivity contribution in [2.75, 3.05) is 20.1 Å². The zero-order valence-corrected chi connectivity index (χ0v) is 14.3. The highest BCUT2D eigenvalue weighted by Crippen LogP contribution is 2.21. The lowest BCUT2D eigenvalue weighted by Gasteiger charge is -2.14. The van der Waals surface area contributed by atoms with Crippen molar-refractivity contribution in [2.45, 2.75) is 18.9 Å². The molecular formula is C19H20N4O2. The van der Waals surface area contributed by atoms with E-state index in [1.54, 1.807) is 0 Å². The van der Waals surface area contributed by atoms with Crippen molar-refractivity contribution >= 4 is 5.91 Å². The number of benzene rings is 1. The van der Waals surface area contributed by atoms with E-state index in [1.807, 2.05) is 32.2 Å². The van der Waals surface area contributed by atoms with Crippen LogP contribution in [0.25, 0.3) is 11.4 Å². The number of hydrogen-bond donors (Lipinski definition) is 2. The highest BCUT2D eigenvalue weighted by molar-refractivity contribution is 5.91. The number of carbonyl (C=O) groups excluding carboxylic acids is 1. The predicted octanol–water partition coefficient (Wildman–Crippen LogP) is 0.969. The van der Waals surface area contributed by atoms with Gasteiger partial charge in [0.25, 0.3) is 5.91 Å². The second-order valence-electron chi connectivity index (χ2n) is 6.49. The average molecular weight is 336 g/mol. The molecular weight excluding hydrogens is 316 g/mol. The topological polar surface area (TPSA) is 92.3 Å². The number of primary amides is 1. The molecule has 6 nitrogen and oxygen atoms in total. The number of aliphatic hydroxyl groups is 1. The number of nitrogens with two attached hydrogens (primary N) is 1. The summed E-state index contributed by atoms with van der Waals surface area (Å²) in [4.78, 5) is 21.8. The second kappa shape index (κ2) is 6.63. The fourth-order valence-corrected chi connectivity index (χ4v) is 2.89. The van der Waals surface area contributed by atoms with Gasteiger partial charge in [-0.2, -0.15) is 0 Å². The number of carbonyl (C=O) groups is 1. The van der Waals surface area contributed by atoms with Crippen molar-refractivity contribution < 1.29 is 9.90 Å². The first-order valence-corrected chi connectivity index (χ1v) is 8.04. The molecule has 1 aliphatic rings. The molecule has 2 heterocycles. The van der Waals surface area contributed by atoms with E-state index in [2.05, 4.69) is 26.7 Å². The number of nitrogens with zero attached hydrogens (tertiary/aromatic N) is 3. The highest BCUT2D eigenvalue weighted by Gasteiger charge is 2.32. The SMILES string of the molecule is Cc1cc(C#CC2(O)CCN(C)C2)cc(-c2nccc(C(N)=O)n2)c1. The van der Waals surface area contributed by atoms with Crippen LogP contribution in [0.5, 0.6) is 0 Å². The van der Waals surface area contributed by atoms with Crippen molar-refractivity contribution in [1.82, 2.24) is 14.9 Å². The second-order valence-corrected chi connectivity index (χ2v) is 6.49. The molecule has 128 valence electrons. The van der Waals surface area contributed by atoms with E-state index in [-0.39, 0.29) is 5.69 Å². The number of likely N-dealkylation sites (N-methyl/N-ethyl adjacent to an activating group) is 1. The van der Waals surface area contributed by atoms with Crippen LogP contribution in [0, 0.1) is 18.8 Å². The molecule has 1 atom stereocenters. The van der Waals surface area contributed by atoms with Crippen LogP contribution in [0.3, 0.4) is 0 Å². The van der Waals surface area contributed by atoms with Crippen molar-refractivity contribution in [3.8, 4) is 23.2 Å². The maximum atomic E-state index is 11.3. The molecule has 1 aromatic carbocycles. The Balaban J connectivity index is 1.94. The first-order chi connectivity index (χ1) is 11.8. The zero-order chi connectivity index (χ0) is 18.0. The van der Waals surface area contributed by atoms with Crippen molar-refractivity contribution in [3.05, 3.63) is 47.3 Å². The van der Waals surface area contributed by atoms with E-state index >= 15 is 0 Å². The Morgan fingerprint density at radius 3 is 2.88 bits per heavy atom. The Morgan fingerprint density at radius 1 is 1.40 bits per heavy atom.